The third kappa shape index (κ3) is 4.61. The number of carbonyl (C=O) groups is 1. The van der Waals surface area contributed by atoms with Gasteiger partial charge >= 0.3 is 0 Å². The lowest BCUT2D eigenvalue weighted by Crippen LogP contribution is -2.34. The van der Waals surface area contributed by atoms with Gasteiger partial charge in [0.15, 0.2) is 0 Å². The molecular formula is C20H30N4O2. The monoisotopic (exact) mass is 358 g/mol. The maximum absolute atomic E-state index is 12.4. The highest BCUT2D eigenvalue weighted by molar-refractivity contribution is 5.88. The molecule has 26 heavy (non-hydrogen) atoms. The van der Waals surface area contributed by atoms with Gasteiger partial charge in [0.1, 0.15) is 12.1 Å². The molecule has 3 rings (SSSR count). The van der Waals surface area contributed by atoms with Gasteiger partial charge in [-0.2, -0.15) is 0 Å². The molecule has 0 saturated carbocycles. The number of rotatable bonds is 4. The molecule has 1 fully saturated rings. The van der Waals surface area contributed by atoms with Gasteiger partial charge in [-0.1, -0.05) is 5.57 Å². The normalized spacial score (nSPS) is 20.1. The van der Waals surface area contributed by atoms with Gasteiger partial charge in [-0.25, -0.2) is 9.97 Å². The number of hydrogen-bond acceptors (Lipinski definition) is 5. The minimum absolute atomic E-state index is 0.0938. The largest absolute Gasteiger partial charge is 0.376 e. The molecule has 1 aromatic rings. The van der Waals surface area contributed by atoms with Gasteiger partial charge in [0.2, 0.25) is 5.91 Å². The molecule has 142 valence electrons. The molecule has 6 heteroatoms. The average molecular weight is 358 g/mol. The Hall–Kier alpha value is -1.95. The van der Waals surface area contributed by atoms with E-state index < -0.39 is 0 Å². The summed E-state index contributed by atoms with van der Waals surface area (Å²) in [5, 5.41) is 0. The molecule has 1 saturated heterocycles. The fourth-order valence-electron chi connectivity index (χ4n) is 3.74. The molecule has 0 aromatic carbocycles. The summed E-state index contributed by atoms with van der Waals surface area (Å²) < 4.78 is 5.88. The fraction of sp³-hybridized carbons (Fsp3) is 0.650. The Labute approximate surface area is 156 Å². The average Bonchev–Trinajstić information content (AvgIpc) is 2.84. The Bertz CT molecular complexity index is 664. The second kappa shape index (κ2) is 8.62. The lowest BCUT2D eigenvalue weighted by Gasteiger charge is -2.29. The number of ether oxygens (including phenoxy) is 1. The Balaban J connectivity index is 1.72. The second-order valence-corrected chi connectivity index (χ2v) is 7.54. The minimum Gasteiger partial charge on any atom is -0.376 e. The lowest BCUT2D eigenvalue weighted by atomic mass is 10.1. The van der Waals surface area contributed by atoms with Gasteiger partial charge in [0.05, 0.1) is 11.8 Å². The Morgan fingerprint density at radius 1 is 1.31 bits per heavy atom. The van der Waals surface area contributed by atoms with E-state index in [4.69, 9.17) is 4.74 Å². The van der Waals surface area contributed by atoms with E-state index in [-0.39, 0.29) is 12.0 Å². The summed E-state index contributed by atoms with van der Waals surface area (Å²) in [4.78, 5) is 25.6. The molecule has 0 bridgehead atoms. The summed E-state index contributed by atoms with van der Waals surface area (Å²) in [5.41, 5.74) is 3.28. The first kappa shape index (κ1) is 18.8. The molecule has 0 N–H and O–H groups in total. The van der Waals surface area contributed by atoms with Crippen LogP contribution in [0, 0.1) is 0 Å². The van der Waals surface area contributed by atoms with Crippen molar-refractivity contribution < 1.29 is 9.53 Å². The number of nitrogens with zero attached hydrogens (tertiary/aromatic N) is 4. The summed E-state index contributed by atoms with van der Waals surface area (Å²) in [5.74, 6) is 1.08. The van der Waals surface area contributed by atoms with Crippen LogP contribution in [0.3, 0.4) is 0 Å². The quantitative estimate of drug-likeness (QED) is 0.774. The molecule has 1 amide bonds. The number of amides is 1. The van der Waals surface area contributed by atoms with Gasteiger partial charge in [-0.15, -0.1) is 0 Å². The summed E-state index contributed by atoms with van der Waals surface area (Å²) in [7, 11) is 2.08. The van der Waals surface area contributed by atoms with E-state index in [9.17, 15) is 4.79 Å². The first-order chi connectivity index (χ1) is 12.5. The lowest BCUT2D eigenvalue weighted by molar-refractivity contribution is -0.126. The molecule has 2 aliphatic heterocycles. The minimum atomic E-state index is 0.0938. The predicted molar refractivity (Wildman–Crippen MR) is 102 cm³/mol. The van der Waals surface area contributed by atoms with Gasteiger partial charge in [0.25, 0.3) is 0 Å². The standard InChI is InChI=1S/C20H30N4O2/c1-15(2)12-19(25)24-9-7-17-18(8-10-24)21-14-22-20(17)23(3)13-16-6-4-5-11-26-16/h12,14,16H,4-11,13H2,1-3H3. The van der Waals surface area contributed by atoms with Crippen molar-refractivity contribution >= 4 is 11.7 Å². The second-order valence-electron chi connectivity index (χ2n) is 7.54. The first-order valence-electron chi connectivity index (χ1n) is 9.64. The summed E-state index contributed by atoms with van der Waals surface area (Å²) >= 11 is 0. The van der Waals surface area contributed by atoms with Crippen LogP contribution in [0.25, 0.3) is 0 Å². The maximum Gasteiger partial charge on any atom is 0.246 e. The van der Waals surface area contributed by atoms with Crippen molar-refractivity contribution in [2.45, 2.75) is 52.1 Å². The van der Waals surface area contributed by atoms with Crippen molar-refractivity contribution in [3.8, 4) is 0 Å². The van der Waals surface area contributed by atoms with Crippen LogP contribution in [0.4, 0.5) is 5.82 Å². The van der Waals surface area contributed by atoms with Gasteiger partial charge < -0.3 is 14.5 Å². The smallest absolute Gasteiger partial charge is 0.246 e. The van der Waals surface area contributed by atoms with Crippen molar-refractivity contribution in [2.24, 2.45) is 0 Å². The van der Waals surface area contributed by atoms with Crippen molar-refractivity contribution in [1.29, 1.82) is 0 Å². The molecule has 1 unspecified atom stereocenters. The number of carbonyl (C=O) groups excluding carboxylic acids is 1. The number of aromatic nitrogens is 2. The molecule has 0 aliphatic carbocycles. The van der Waals surface area contributed by atoms with Crippen molar-refractivity contribution in [3.63, 3.8) is 0 Å². The topological polar surface area (TPSA) is 58.6 Å². The van der Waals surface area contributed by atoms with Gasteiger partial charge in [0, 0.05) is 51.3 Å². The van der Waals surface area contributed by atoms with Gasteiger partial charge in [-0.05, 0) is 39.5 Å². The van der Waals surface area contributed by atoms with Crippen LogP contribution in [-0.4, -0.2) is 60.2 Å². The molecule has 1 atom stereocenters. The first-order valence-corrected chi connectivity index (χ1v) is 9.64. The van der Waals surface area contributed by atoms with Crippen molar-refractivity contribution in [2.75, 3.05) is 38.2 Å². The third-order valence-electron chi connectivity index (χ3n) is 5.10. The van der Waals surface area contributed by atoms with E-state index in [2.05, 4.69) is 21.9 Å². The van der Waals surface area contributed by atoms with E-state index in [0.29, 0.717) is 13.1 Å². The Kier molecular flexibility index (Phi) is 6.25. The fourth-order valence-corrected chi connectivity index (χ4v) is 3.74. The number of allylic oxidation sites excluding steroid dienone is 1. The van der Waals surface area contributed by atoms with E-state index >= 15 is 0 Å². The summed E-state index contributed by atoms with van der Waals surface area (Å²) in [6, 6.07) is 0. The number of likely N-dealkylation sites (N-methyl/N-ethyl adjacent to an activating group) is 1. The highest BCUT2D eigenvalue weighted by Crippen LogP contribution is 2.24. The summed E-state index contributed by atoms with van der Waals surface area (Å²) in [6.07, 6.45) is 8.74. The third-order valence-corrected chi connectivity index (χ3v) is 5.10. The SMILES string of the molecule is CC(C)=CC(=O)N1CCc2ncnc(N(C)CC3CCCCO3)c2CC1. The molecule has 1 aromatic heterocycles. The molecule has 3 heterocycles. The van der Waals surface area contributed by atoms with Crippen LogP contribution in [0.2, 0.25) is 0 Å². The zero-order valence-corrected chi connectivity index (χ0v) is 16.2. The van der Waals surface area contributed by atoms with Crippen LogP contribution >= 0.6 is 0 Å². The van der Waals surface area contributed by atoms with E-state index in [1.807, 2.05) is 18.7 Å². The highest BCUT2D eigenvalue weighted by atomic mass is 16.5. The summed E-state index contributed by atoms with van der Waals surface area (Å²) in [6.45, 7) is 7.05. The van der Waals surface area contributed by atoms with Gasteiger partial charge in [-0.3, -0.25) is 4.79 Å². The zero-order valence-electron chi connectivity index (χ0n) is 16.2. The number of anilines is 1. The molecule has 6 nitrogen and oxygen atoms in total. The number of hydrogen-bond donors (Lipinski definition) is 0. The van der Waals surface area contributed by atoms with Crippen molar-refractivity contribution in [3.05, 3.63) is 29.2 Å². The Morgan fingerprint density at radius 2 is 2.12 bits per heavy atom. The van der Waals surface area contributed by atoms with E-state index in [0.717, 1.165) is 49.5 Å². The number of fused-ring (bicyclic) bond motifs is 1. The van der Waals surface area contributed by atoms with Crippen LogP contribution in [-0.2, 0) is 22.4 Å². The molecule has 0 radical (unpaired) electrons. The molecule has 0 spiro atoms. The van der Waals surface area contributed by atoms with Crippen molar-refractivity contribution in [1.82, 2.24) is 14.9 Å². The molecule has 2 aliphatic rings. The van der Waals surface area contributed by atoms with Crippen LogP contribution < -0.4 is 4.90 Å². The molecular weight excluding hydrogens is 328 g/mol. The van der Waals surface area contributed by atoms with E-state index in [1.54, 1.807) is 12.4 Å². The predicted octanol–water partition coefficient (Wildman–Crippen LogP) is 2.38. The highest BCUT2D eigenvalue weighted by Gasteiger charge is 2.24. The van der Waals surface area contributed by atoms with E-state index in [1.165, 1.54) is 18.4 Å². The Morgan fingerprint density at radius 3 is 2.85 bits per heavy atom. The van der Waals surface area contributed by atoms with Crippen LogP contribution in [0.15, 0.2) is 18.0 Å². The maximum atomic E-state index is 12.4. The zero-order chi connectivity index (χ0) is 18.5. The van der Waals surface area contributed by atoms with Crippen LogP contribution in [0.5, 0.6) is 0 Å². The van der Waals surface area contributed by atoms with Crippen LogP contribution in [0.1, 0.15) is 44.4 Å².